The average Bonchev–Trinajstić information content (AvgIpc) is 2.82. The molecule has 2 aliphatic rings. The van der Waals surface area contributed by atoms with Gasteiger partial charge in [0, 0.05) is 11.4 Å². The van der Waals surface area contributed by atoms with Crippen LogP contribution in [-0.2, 0) is 10.0 Å². The molecule has 2 fully saturated rings. The van der Waals surface area contributed by atoms with Gasteiger partial charge in [-0.3, -0.25) is 0 Å². The second-order valence-corrected chi connectivity index (χ2v) is 8.76. The van der Waals surface area contributed by atoms with E-state index in [1.165, 1.54) is 12.8 Å². The highest BCUT2D eigenvalue weighted by atomic mass is 79.9. The first-order chi connectivity index (χ1) is 8.08. The van der Waals surface area contributed by atoms with Gasteiger partial charge in [0.25, 0.3) is 0 Å². The molecule has 0 heterocycles. The lowest BCUT2D eigenvalue weighted by Gasteiger charge is -2.25. The fraction of sp³-hybridized carbons (Fsp3) is 1.00. The molecule has 0 atom stereocenters. The van der Waals surface area contributed by atoms with Crippen LogP contribution in [0.2, 0.25) is 0 Å². The summed E-state index contributed by atoms with van der Waals surface area (Å²) in [5.41, 5.74) is 0. The fourth-order valence-electron chi connectivity index (χ4n) is 2.88. The number of nitrogens with one attached hydrogen (secondary N) is 1. The molecule has 2 saturated carbocycles. The van der Waals surface area contributed by atoms with Crippen LogP contribution in [0.15, 0.2) is 0 Å². The monoisotopic (exact) mass is 323 g/mol. The number of hydrogen-bond donors (Lipinski definition) is 1. The summed E-state index contributed by atoms with van der Waals surface area (Å²) in [4.78, 5) is 0.644. The van der Waals surface area contributed by atoms with E-state index in [0.29, 0.717) is 17.3 Å². The Bertz CT molecular complexity index is 330. The maximum absolute atomic E-state index is 12.0. The molecule has 100 valence electrons. The van der Waals surface area contributed by atoms with Gasteiger partial charge in [-0.05, 0) is 44.4 Å². The van der Waals surface area contributed by atoms with Crippen LogP contribution in [0.5, 0.6) is 0 Å². The van der Waals surface area contributed by atoms with Gasteiger partial charge in [-0.2, -0.15) is 0 Å². The summed E-state index contributed by atoms with van der Waals surface area (Å²) in [7, 11) is -3.03. The average molecular weight is 324 g/mol. The van der Waals surface area contributed by atoms with Crippen LogP contribution in [0, 0.1) is 5.92 Å². The van der Waals surface area contributed by atoms with Crippen molar-refractivity contribution < 1.29 is 8.42 Å². The molecular weight excluding hydrogens is 302 g/mol. The first-order valence-electron chi connectivity index (χ1n) is 6.70. The SMILES string of the molecule is O=S(=O)(NCC1CCC(Br)CC1)C1CCCC1. The Hall–Kier alpha value is 0.390. The van der Waals surface area contributed by atoms with Gasteiger partial charge in [-0.1, -0.05) is 28.8 Å². The Morgan fingerprint density at radius 2 is 1.59 bits per heavy atom. The topological polar surface area (TPSA) is 46.2 Å². The van der Waals surface area contributed by atoms with Crippen molar-refractivity contribution in [3.63, 3.8) is 0 Å². The summed E-state index contributed by atoms with van der Waals surface area (Å²) >= 11 is 3.62. The highest BCUT2D eigenvalue weighted by Crippen LogP contribution is 2.29. The molecule has 2 rings (SSSR count). The van der Waals surface area contributed by atoms with E-state index in [4.69, 9.17) is 0 Å². The molecule has 0 aromatic rings. The van der Waals surface area contributed by atoms with Crippen molar-refractivity contribution in [1.29, 1.82) is 0 Å². The molecule has 0 spiro atoms. The fourth-order valence-corrected chi connectivity index (χ4v) is 5.06. The van der Waals surface area contributed by atoms with Crippen LogP contribution in [0.4, 0.5) is 0 Å². The summed E-state index contributed by atoms with van der Waals surface area (Å²) in [5.74, 6) is 0.542. The molecule has 3 nitrogen and oxygen atoms in total. The zero-order chi connectivity index (χ0) is 12.3. The summed E-state index contributed by atoms with van der Waals surface area (Å²) in [6, 6.07) is 0. The van der Waals surface area contributed by atoms with Crippen LogP contribution in [0.3, 0.4) is 0 Å². The predicted octanol–water partition coefficient (Wildman–Crippen LogP) is 2.80. The number of alkyl halides is 1. The van der Waals surface area contributed by atoms with Crippen molar-refractivity contribution in [3.05, 3.63) is 0 Å². The Balaban J connectivity index is 1.77. The zero-order valence-electron chi connectivity index (χ0n) is 10.2. The highest BCUT2D eigenvalue weighted by molar-refractivity contribution is 9.09. The molecule has 0 bridgehead atoms. The molecule has 0 amide bonds. The second kappa shape index (κ2) is 6.02. The Labute approximate surface area is 113 Å². The van der Waals surface area contributed by atoms with Gasteiger partial charge >= 0.3 is 0 Å². The van der Waals surface area contributed by atoms with E-state index >= 15 is 0 Å². The van der Waals surface area contributed by atoms with Crippen molar-refractivity contribution in [3.8, 4) is 0 Å². The third-order valence-electron chi connectivity index (χ3n) is 4.09. The normalized spacial score (nSPS) is 31.8. The van der Waals surface area contributed by atoms with Crippen molar-refractivity contribution in [2.45, 2.75) is 61.4 Å². The Kier molecular flexibility index (Phi) is 4.89. The molecular formula is C12H22BrNO2S. The Morgan fingerprint density at radius 3 is 2.18 bits per heavy atom. The molecule has 0 aromatic heterocycles. The number of hydrogen-bond acceptors (Lipinski definition) is 2. The van der Waals surface area contributed by atoms with E-state index in [1.54, 1.807) is 0 Å². The maximum Gasteiger partial charge on any atom is 0.214 e. The smallest absolute Gasteiger partial charge is 0.214 e. The second-order valence-electron chi connectivity index (χ2n) is 5.42. The van der Waals surface area contributed by atoms with Gasteiger partial charge in [0.2, 0.25) is 10.0 Å². The zero-order valence-corrected chi connectivity index (χ0v) is 12.6. The number of halogens is 1. The van der Waals surface area contributed by atoms with Crippen LogP contribution < -0.4 is 4.72 Å². The minimum atomic E-state index is -3.03. The largest absolute Gasteiger partial charge is 0.215 e. The summed E-state index contributed by atoms with van der Waals surface area (Å²) in [6.07, 6.45) is 8.48. The van der Waals surface area contributed by atoms with E-state index in [1.807, 2.05) is 0 Å². The molecule has 5 heteroatoms. The summed E-state index contributed by atoms with van der Waals surface area (Å²) in [5, 5.41) is -0.116. The van der Waals surface area contributed by atoms with Crippen molar-refractivity contribution >= 4 is 26.0 Å². The lowest BCUT2D eigenvalue weighted by molar-refractivity contribution is 0.366. The minimum Gasteiger partial charge on any atom is -0.215 e. The van der Waals surface area contributed by atoms with Crippen LogP contribution in [0.25, 0.3) is 0 Å². The molecule has 1 N–H and O–H groups in total. The predicted molar refractivity (Wildman–Crippen MR) is 73.9 cm³/mol. The van der Waals surface area contributed by atoms with E-state index in [2.05, 4.69) is 20.7 Å². The van der Waals surface area contributed by atoms with Crippen molar-refractivity contribution in [1.82, 2.24) is 4.72 Å². The van der Waals surface area contributed by atoms with Gasteiger partial charge in [-0.25, -0.2) is 13.1 Å². The number of rotatable bonds is 4. The first-order valence-corrected chi connectivity index (χ1v) is 9.16. The van der Waals surface area contributed by atoms with E-state index in [9.17, 15) is 8.42 Å². The molecule has 2 aliphatic carbocycles. The lowest BCUT2D eigenvalue weighted by atomic mass is 9.89. The van der Waals surface area contributed by atoms with Crippen molar-refractivity contribution in [2.75, 3.05) is 6.54 Å². The third-order valence-corrected chi connectivity index (χ3v) is 6.92. The lowest BCUT2D eigenvalue weighted by Crippen LogP contribution is -2.36. The van der Waals surface area contributed by atoms with Gasteiger partial charge in [0.15, 0.2) is 0 Å². The molecule has 0 radical (unpaired) electrons. The molecule has 17 heavy (non-hydrogen) atoms. The van der Waals surface area contributed by atoms with Crippen LogP contribution >= 0.6 is 15.9 Å². The third kappa shape index (κ3) is 3.93. The molecule has 0 unspecified atom stereocenters. The maximum atomic E-state index is 12.0. The summed E-state index contributed by atoms with van der Waals surface area (Å²) < 4.78 is 26.9. The van der Waals surface area contributed by atoms with Gasteiger partial charge in [0.05, 0.1) is 5.25 Å². The van der Waals surface area contributed by atoms with E-state index in [0.717, 1.165) is 38.5 Å². The summed E-state index contributed by atoms with van der Waals surface area (Å²) in [6.45, 7) is 0.651. The highest BCUT2D eigenvalue weighted by Gasteiger charge is 2.29. The van der Waals surface area contributed by atoms with Crippen molar-refractivity contribution in [2.24, 2.45) is 5.92 Å². The van der Waals surface area contributed by atoms with E-state index in [-0.39, 0.29) is 5.25 Å². The number of sulfonamides is 1. The minimum absolute atomic E-state index is 0.116. The van der Waals surface area contributed by atoms with Crippen LogP contribution in [-0.4, -0.2) is 25.0 Å². The first kappa shape index (κ1) is 13.8. The van der Waals surface area contributed by atoms with E-state index < -0.39 is 10.0 Å². The van der Waals surface area contributed by atoms with Gasteiger partial charge in [-0.15, -0.1) is 0 Å². The van der Waals surface area contributed by atoms with Gasteiger partial charge < -0.3 is 0 Å². The molecule has 0 aliphatic heterocycles. The molecule has 0 saturated heterocycles. The van der Waals surface area contributed by atoms with Gasteiger partial charge in [0.1, 0.15) is 0 Å². The standard InChI is InChI=1S/C12H22BrNO2S/c13-11-7-5-10(6-8-11)9-14-17(15,16)12-3-1-2-4-12/h10-12,14H,1-9H2. The van der Waals surface area contributed by atoms with Crippen LogP contribution in [0.1, 0.15) is 51.4 Å². The quantitative estimate of drug-likeness (QED) is 0.808. The molecule has 0 aromatic carbocycles. The Morgan fingerprint density at radius 1 is 1.00 bits per heavy atom.